The highest BCUT2D eigenvalue weighted by Gasteiger charge is 1.98. The predicted molar refractivity (Wildman–Crippen MR) is 59.1 cm³/mol. The topological polar surface area (TPSA) is 78.7 Å². The van der Waals surface area contributed by atoms with E-state index in [4.69, 9.17) is 4.74 Å². The maximum Gasteiger partial charge on any atom is 0.305 e. The van der Waals surface area contributed by atoms with E-state index in [9.17, 15) is 14.9 Å². The molecule has 0 N–H and O–H groups in total. The average Bonchev–Trinajstić information content (AvgIpc) is 2.21. The molecule has 0 atom stereocenters. The van der Waals surface area contributed by atoms with E-state index in [1.807, 2.05) is 0 Å². The first-order valence-corrected chi connectivity index (χ1v) is 6.83. The van der Waals surface area contributed by atoms with Crippen molar-refractivity contribution in [1.29, 1.82) is 0 Å². The molecule has 6 nitrogen and oxygen atoms in total. The number of carbonyl (C=O) groups excluding carboxylic acids is 1. The molecular formula is C7H13NO5S2. The van der Waals surface area contributed by atoms with Gasteiger partial charge in [0.2, 0.25) is 0 Å². The number of carbonyl (C=O) groups is 1. The summed E-state index contributed by atoms with van der Waals surface area (Å²) < 4.78 is 4.82. The summed E-state index contributed by atoms with van der Waals surface area (Å²) in [5.41, 5.74) is 0. The SMILES string of the molecule is CCC(=O)OCCSSCCO[N+](=O)[O-]. The Morgan fingerprint density at radius 3 is 2.47 bits per heavy atom. The van der Waals surface area contributed by atoms with Crippen molar-refractivity contribution in [3.63, 3.8) is 0 Å². The lowest BCUT2D eigenvalue weighted by Crippen LogP contribution is -2.05. The van der Waals surface area contributed by atoms with E-state index in [2.05, 4.69) is 4.84 Å². The number of hydrogen-bond donors (Lipinski definition) is 0. The van der Waals surface area contributed by atoms with Crippen molar-refractivity contribution in [2.75, 3.05) is 24.7 Å². The maximum atomic E-state index is 10.7. The number of ether oxygens (including phenoxy) is 1. The van der Waals surface area contributed by atoms with Gasteiger partial charge in [-0.2, -0.15) is 0 Å². The predicted octanol–water partition coefficient (Wildman–Crippen LogP) is 1.53. The Balaban J connectivity index is 3.05. The van der Waals surface area contributed by atoms with Crippen LogP contribution < -0.4 is 0 Å². The van der Waals surface area contributed by atoms with E-state index in [-0.39, 0.29) is 12.6 Å². The molecule has 0 fully saturated rings. The average molecular weight is 255 g/mol. The van der Waals surface area contributed by atoms with Crippen LogP contribution in [0.15, 0.2) is 0 Å². The van der Waals surface area contributed by atoms with Crippen molar-refractivity contribution in [3.05, 3.63) is 10.1 Å². The minimum absolute atomic E-state index is 0.0828. The Kier molecular flexibility index (Phi) is 9.49. The molecule has 0 aromatic carbocycles. The van der Waals surface area contributed by atoms with Gasteiger partial charge in [0, 0.05) is 17.9 Å². The van der Waals surface area contributed by atoms with Crippen LogP contribution in [0.5, 0.6) is 0 Å². The zero-order chi connectivity index (χ0) is 11.5. The minimum atomic E-state index is -0.811. The third-order valence-electron chi connectivity index (χ3n) is 1.17. The Labute approximate surface area is 95.6 Å². The highest BCUT2D eigenvalue weighted by atomic mass is 33.1. The van der Waals surface area contributed by atoms with Crippen molar-refractivity contribution in [1.82, 2.24) is 0 Å². The normalized spacial score (nSPS) is 9.67. The highest BCUT2D eigenvalue weighted by Crippen LogP contribution is 2.20. The summed E-state index contributed by atoms with van der Waals surface area (Å²) in [6.45, 7) is 2.19. The largest absolute Gasteiger partial charge is 0.465 e. The molecule has 88 valence electrons. The summed E-state index contributed by atoms with van der Waals surface area (Å²) in [7, 11) is 2.94. The second-order valence-electron chi connectivity index (χ2n) is 2.27. The van der Waals surface area contributed by atoms with Gasteiger partial charge in [-0.3, -0.25) is 4.79 Å². The van der Waals surface area contributed by atoms with E-state index in [1.165, 1.54) is 21.6 Å². The molecular weight excluding hydrogens is 242 g/mol. The van der Waals surface area contributed by atoms with Crippen molar-refractivity contribution >= 4 is 27.6 Å². The Bertz CT molecular complexity index is 202. The van der Waals surface area contributed by atoms with Crippen LogP contribution in [0.25, 0.3) is 0 Å². The van der Waals surface area contributed by atoms with Gasteiger partial charge in [-0.1, -0.05) is 28.5 Å². The van der Waals surface area contributed by atoms with Crippen LogP contribution in [0.4, 0.5) is 0 Å². The van der Waals surface area contributed by atoms with Crippen molar-refractivity contribution in [2.45, 2.75) is 13.3 Å². The van der Waals surface area contributed by atoms with Gasteiger partial charge >= 0.3 is 5.97 Å². The second-order valence-corrected chi connectivity index (χ2v) is 4.98. The van der Waals surface area contributed by atoms with Gasteiger partial charge in [-0.25, -0.2) is 0 Å². The van der Waals surface area contributed by atoms with Crippen LogP contribution in [-0.4, -0.2) is 35.8 Å². The summed E-state index contributed by atoms with van der Waals surface area (Å²) in [5.74, 6) is 1.000. The minimum Gasteiger partial charge on any atom is -0.465 e. The molecule has 0 aliphatic carbocycles. The summed E-state index contributed by atoms with van der Waals surface area (Å²) in [4.78, 5) is 24.5. The lowest BCUT2D eigenvalue weighted by molar-refractivity contribution is -0.756. The van der Waals surface area contributed by atoms with Crippen LogP contribution >= 0.6 is 21.6 Å². The van der Waals surface area contributed by atoms with Gasteiger partial charge < -0.3 is 9.57 Å². The maximum absolute atomic E-state index is 10.7. The number of rotatable bonds is 9. The molecule has 0 radical (unpaired) electrons. The van der Waals surface area contributed by atoms with Crippen molar-refractivity contribution in [2.24, 2.45) is 0 Å². The molecule has 0 rings (SSSR count). The highest BCUT2D eigenvalue weighted by molar-refractivity contribution is 8.76. The first-order valence-electron chi connectivity index (χ1n) is 4.34. The van der Waals surface area contributed by atoms with E-state index in [0.717, 1.165) is 0 Å². The quantitative estimate of drug-likeness (QED) is 0.203. The molecule has 0 aromatic heterocycles. The Morgan fingerprint density at radius 2 is 1.93 bits per heavy atom. The zero-order valence-electron chi connectivity index (χ0n) is 8.34. The molecule has 0 bridgehead atoms. The smallest absolute Gasteiger partial charge is 0.305 e. The van der Waals surface area contributed by atoms with Gasteiger partial charge in [-0.05, 0) is 0 Å². The summed E-state index contributed by atoms with van der Waals surface area (Å²) in [6.07, 6.45) is 0.383. The first-order chi connectivity index (χ1) is 7.16. The number of esters is 1. The molecule has 0 aliphatic heterocycles. The van der Waals surface area contributed by atoms with Gasteiger partial charge in [0.15, 0.2) is 0 Å². The van der Waals surface area contributed by atoms with Crippen LogP contribution in [-0.2, 0) is 14.4 Å². The zero-order valence-corrected chi connectivity index (χ0v) is 9.97. The van der Waals surface area contributed by atoms with E-state index < -0.39 is 5.09 Å². The van der Waals surface area contributed by atoms with Gasteiger partial charge in [-0.15, -0.1) is 10.1 Å². The van der Waals surface area contributed by atoms with E-state index in [1.54, 1.807) is 6.92 Å². The van der Waals surface area contributed by atoms with Crippen LogP contribution in [0, 0.1) is 10.1 Å². The molecule has 0 amide bonds. The fraction of sp³-hybridized carbons (Fsp3) is 0.857. The fourth-order valence-electron chi connectivity index (χ4n) is 0.555. The van der Waals surface area contributed by atoms with Crippen molar-refractivity contribution < 1.29 is 19.5 Å². The number of hydrogen-bond acceptors (Lipinski definition) is 7. The molecule has 0 saturated carbocycles. The molecule has 0 heterocycles. The summed E-state index contributed by atoms with van der Waals surface area (Å²) in [5, 5.41) is 8.94. The molecule has 0 spiro atoms. The Morgan fingerprint density at radius 1 is 1.33 bits per heavy atom. The first kappa shape index (κ1) is 14.4. The van der Waals surface area contributed by atoms with E-state index in [0.29, 0.717) is 24.5 Å². The van der Waals surface area contributed by atoms with Crippen LogP contribution in [0.3, 0.4) is 0 Å². The Hall–Kier alpha value is -0.630. The molecule has 0 saturated heterocycles. The van der Waals surface area contributed by atoms with Crippen LogP contribution in [0.2, 0.25) is 0 Å². The van der Waals surface area contributed by atoms with Gasteiger partial charge in [0.25, 0.3) is 5.09 Å². The van der Waals surface area contributed by atoms with Gasteiger partial charge in [0.05, 0.1) is 0 Å². The van der Waals surface area contributed by atoms with Gasteiger partial charge in [0.1, 0.15) is 13.2 Å². The van der Waals surface area contributed by atoms with Crippen LogP contribution in [0.1, 0.15) is 13.3 Å². The lowest BCUT2D eigenvalue weighted by atomic mass is 10.5. The summed E-state index contributed by atoms with van der Waals surface area (Å²) >= 11 is 0. The molecule has 8 heteroatoms. The standard InChI is InChI=1S/C7H13NO5S2/c1-2-7(9)12-3-5-14-15-6-4-13-8(10)11/h2-6H2,1H3. The molecule has 15 heavy (non-hydrogen) atoms. The third-order valence-corrected chi connectivity index (χ3v) is 3.50. The lowest BCUT2D eigenvalue weighted by Gasteiger charge is -2.02. The molecule has 0 unspecified atom stereocenters. The van der Waals surface area contributed by atoms with E-state index >= 15 is 0 Å². The monoisotopic (exact) mass is 255 g/mol. The fourth-order valence-corrected chi connectivity index (χ4v) is 2.20. The van der Waals surface area contributed by atoms with Crippen molar-refractivity contribution in [3.8, 4) is 0 Å². The second kappa shape index (κ2) is 9.91. The third kappa shape index (κ3) is 11.3. The molecule has 0 aromatic rings. The summed E-state index contributed by atoms with van der Waals surface area (Å²) in [6, 6.07) is 0. The molecule has 0 aliphatic rings. The number of nitrogens with zero attached hydrogens (tertiary/aromatic N) is 1.